The summed E-state index contributed by atoms with van der Waals surface area (Å²) in [6.07, 6.45) is 0. The van der Waals surface area contributed by atoms with Crippen LogP contribution in [0.15, 0.2) is 0 Å². The highest BCUT2D eigenvalue weighted by atomic mass is 35.7. The summed E-state index contributed by atoms with van der Waals surface area (Å²) >= 11 is 6.95. The Morgan fingerprint density at radius 3 is 1.26 bits per heavy atom. The van der Waals surface area contributed by atoms with Crippen molar-refractivity contribution in [3.8, 4) is 0 Å². The summed E-state index contributed by atoms with van der Waals surface area (Å²) in [4.78, 5) is 3.16. The summed E-state index contributed by atoms with van der Waals surface area (Å²) in [6, 6.07) is 1.00. The zero-order valence-electron chi connectivity index (χ0n) is 13.4. The van der Waals surface area contributed by atoms with Gasteiger partial charge in [0, 0.05) is 24.2 Å². The van der Waals surface area contributed by atoms with Crippen molar-refractivity contribution >= 4 is 23.4 Å². The van der Waals surface area contributed by atoms with Gasteiger partial charge in [0.1, 0.15) is 0 Å². The molecule has 4 nitrogen and oxygen atoms in total. The molecule has 0 spiro atoms. The third kappa shape index (κ3) is 4.46. The van der Waals surface area contributed by atoms with E-state index in [0.29, 0.717) is 0 Å². The molecular weight excluding hydrogens is 279 g/mol. The molecule has 0 rings (SSSR count). The fraction of sp³-hybridized carbons (Fsp3) is 0.923. The fourth-order valence-corrected chi connectivity index (χ4v) is 7.90. The maximum absolute atomic E-state index is 9.03. The van der Waals surface area contributed by atoms with E-state index in [1.807, 2.05) is 0 Å². The molecule has 112 valence electrons. The normalized spacial score (nSPS) is 13.0. The molecule has 0 aromatic carbocycles. The number of hydrogen-bond acceptors (Lipinski definition) is 2. The molecular formula is C13H28ClN4P. The maximum atomic E-state index is 9.03. The average Bonchev–Trinajstić information content (AvgIpc) is 2.13. The molecule has 0 N–H and O–H groups in total. The predicted molar refractivity (Wildman–Crippen MR) is 85.6 cm³/mol. The molecule has 0 saturated heterocycles. The molecule has 0 aliphatic rings. The highest BCUT2D eigenvalue weighted by Crippen LogP contribution is 2.61. The van der Waals surface area contributed by atoms with Gasteiger partial charge in [-0.25, -0.2) is 9.34 Å². The Morgan fingerprint density at radius 1 is 0.842 bits per heavy atom. The van der Waals surface area contributed by atoms with Crippen LogP contribution in [0.2, 0.25) is 0 Å². The molecule has 0 atom stereocenters. The molecule has 0 fully saturated rings. The summed E-state index contributed by atoms with van der Waals surface area (Å²) < 4.78 is 4.41. The summed E-state index contributed by atoms with van der Waals surface area (Å²) in [7, 11) is 0. The Labute approximate surface area is 123 Å². The van der Waals surface area contributed by atoms with Crippen LogP contribution in [0.4, 0.5) is 0 Å². The zero-order valence-corrected chi connectivity index (χ0v) is 15.1. The summed E-state index contributed by atoms with van der Waals surface area (Å²) in [5.41, 5.74) is 11.8. The van der Waals surface area contributed by atoms with E-state index in [1.54, 1.807) is 0 Å². The molecule has 6 heteroatoms. The average molecular weight is 307 g/mol. The van der Waals surface area contributed by atoms with Crippen LogP contribution >= 0.6 is 17.8 Å². The predicted octanol–water partition coefficient (Wildman–Crippen LogP) is 4.36. The van der Waals surface area contributed by atoms with Gasteiger partial charge in [-0.15, -0.1) is 4.79 Å². The Kier molecular flexibility index (Phi) is 7.62. The third-order valence-corrected chi connectivity index (χ3v) is 7.59. The number of halogens is 1. The van der Waals surface area contributed by atoms with Crippen LogP contribution in [0.5, 0.6) is 0 Å². The van der Waals surface area contributed by atoms with E-state index in [-0.39, 0.29) is 24.2 Å². The van der Waals surface area contributed by atoms with Gasteiger partial charge in [0.25, 0.3) is 0 Å². The van der Waals surface area contributed by atoms with Gasteiger partial charge >= 0.3 is 5.59 Å². The van der Waals surface area contributed by atoms with Crippen molar-refractivity contribution < 1.29 is 4.79 Å². The molecule has 0 aliphatic carbocycles. The second kappa shape index (κ2) is 7.64. The van der Waals surface area contributed by atoms with Crippen molar-refractivity contribution in [1.82, 2.24) is 9.34 Å². The van der Waals surface area contributed by atoms with Crippen molar-refractivity contribution in [3.05, 3.63) is 5.53 Å². The molecule has 0 bridgehead atoms. The van der Waals surface area contributed by atoms with Gasteiger partial charge in [0.15, 0.2) is 0 Å². The monoisotopic (exact) mass is 306 g/mol. The Hall–Kier alpha value is -0.0700. The number of rotatable bonds is 6. The van der Waals surface area contributed by atoms with E-state index in [0.717, 1.165) is 0 Å². The van der Waals surface area contributed by atoms with Crippen LogP contribution < -0.4 is 0 Å². The zero-order chi connectivity index (χ0) is 15.4. The van der Waals surface area contributed by atoms with Crippen LogP contribution in [0.25, 0.3) is 5.53 Å². The maximum Gasteiger partial charge on any atom is 0.334 e. The lowest BCUT2D eigenvalue weighted by molar-refractivity contribution is 0.00872. The van der Waals surface area contributed by atoms with Crippen molar-refractivity contribution in [1.29, 1.82) is 0 Å². The second-order valence-corrected chi connectivity index (χ2v) is 9.45. The first kappa shape index (κ1) is 18.9. The first-order chi connectivity index (χ1) is 8.59. The standard InChI is InChI=1S/C13H28ClN4P/c1-10(2)17(11(3)4)19(14,9-16-15)18(12(5)6)13(7)8/h10-13H,1-8H3. The first-order valence-electron chi connectivity index (χ1n) is 6.87. The summed E-state index contributed by atoms with van der Waals surface area (Å²) in [5, 5.41) is 0. The van der Waals surface area contributed by atoms with Gasteiger partial charge < -0.3 is 5.53 Å². The van der Waals surface area contributed by atoms with Gasteiger partial charge in [-0.3, -0.25) is 0 Å². The van der Waals surface area contributed by atoms with Crippen molar-refractivity contribution in [2.24, 2.45) is 0 Å². The highest BCUT2D eigenvalue weighted by molar-refractivity contribution is 7.93. The molecule has 0 amide bonds. The van der Waals surface area contributed by atoms with Crippen LogP contribution in [0, 0.1) is 0 Å². The lowest BCUT2D eigenvalue weighted by atomic mass is 10.3. The molecule has 0 aromatic heterocycles. The Morgan fingerprint density at radius 2 is 1.11 bits per heavy atom. The van der Waals surface area contributed by atoms with Gasteiger partial charge in [-0.05, 0) is 66.6 Å². The van der Waals surface area contributed by atoms with E-state index in [9.17, 15) is 0 Å². The van der Waals surface area contributed by atoms with E-state index < -0.39 is 6.54 Å². The summed E-state index contributed by atoms with van der Waals surface area (Å²) in [6.45, 7) is 14.4. The minimum absolute atomic E-state index is 0.250. The number of hydrogen-bond donors (Lipinski definition) is 0. The number of nitrogens with zero attached hydrogens (tertiary/aromatic N) is 4. The first-order valence-corrected chi connectivity index (χ1v) is 9.47. The van der Waals surface area contributed by atoms with E-state index in [1.165, 1.54) is 0 Å². The van der Waals surface area contributed by atoms with Crippen LogP contribution in [0.1, 0.15) is 55.4 Å². The van der Waals surface area contributed by atoms with Gasteiger partial charge in [-0.1, -0.05) is 0 Å². The fourth-order valence-electron chi connectivity index (χ4n) is 2.70. The lowest BCUT2D eigenvalue weighted by Crippen LogP contribution is -2.43. The van der Waals surface area contributed by atoms with Crippen molar-refractivity contribution in [3.63, 3.8) is 0 Å². The van der Waals surface area contributed by atoms with Crippen LogP contribution in [-0.4, -0.2) is 43.9 Å². The highest BCUT2D eigenvalue weighted by Gasteiger charge is 2.40. The third-order valence-electron chi connectivity index (χ3n) is 2.90. The SMILES string of the molecule is CC(C)N(C(C)C)P(Cl)(=C=[N+]=[N-])N(C(C)C)C(C)C. The minimum Gasteiger partial charge on any atom is -0.348 e. The van der Waals surface area contributed by atoms with E-state index in [2.05, 4.69) is 75.1 Å². The molecule has 0 aliphatic heterocycles. The van der Waals surface area contributed by atoms with Crippen molar-refractivity contribution in [2.45, 2.75) is 79.6 Å². The Bertz CT molecular complexity index is 353. The van der Waals surface area contributed by atoms with E-state index >= 15 is 0 Å². The smallest absolute Gasteiger partial charge is 0.334 e. The molecule has 19 heavy (non-hydrogen) atoms. The van der Waals surface area contributed by atoms with Gasteiger partial charge in [0.05, 0.1) is 0 Å². The second-order valence-electron chi connectivity index (χ2n) is 5.86. The quantitative estimate of drug-likeness (QED) is 0.317. The molecule has 0 aromatic rings. The van der Waals surface area contributed by atoms with Crippen molar-refractivity contribution in [2.75, 3.05) is 0 Å². The van der Waals surface area contributed by atoms with Crippen LogP contribution in [0.3, 0.4) is 0 Å². The van der Waals surface area contributed by atoms with E-state index in [4.69, 9.17) is 16.8 Å². The molecule has 0 unspecified atom stereocenters. The molecule has 0 radical (unpaired) electrons. The minimum atomic E-state index is -2.44. The molecule has 0 heterocycles. The van der Waals surface area contributed by atoms with Gasteiger partial charge in [0.2, 0.25) is 6.54 Å². The van der Waals surface area contributed by atoms with Gasteiger partial charge in [-0.2, -0.15) is 0 Å². The van der Waals surface area contributed by atoms with Crippen LogP contribution in [-0.2, 0) is 0 Å². The Balaban J connectivity index is 6.14. The lowest BCUT2D eigenvalue weighted by Gasteiger charge is -2.44. The molecule has 0 saturated carbocycles. The largest absolute Gasteiger partial charge is 0.348 e. The topological polar surface area (TPSA) is 42.9 Å². The summed E-state index contributed by atoms with van der Waals surface area (Å²) in [5.74, 6) is 0.